The summed E-state index contributed by atoms with van der Waals surface area (Å²) in [6.45, 7) is 4.47. The van der Waals surface area contributed by atoms with Gasteiger partial charge in [0.2, 0.25) is 0 Å². The first-order valence-corrected chi connectivity index (χ1v) is 7.89. The van der Waals surface area contributed by atoms with Crippen molar-refractivity contribution in [2.45, 2.75) is 32.9 Å². The predicted octanol–water partition coefficient (Wildman–Crippen LogP) is 1.88. The molecule has 2 amide bonds. The number of nitrogens with one attached hydrogen (secondary N) is 1. The molecule has 2 rings (SSSR count). The SMILES string of the molecule is COc1cc2c(cc1OC)CN(C(=O)N[C@@H](C(=O)O)C(C)C)CC2. The zero-order chi connectivity index (χ0) is 17.9. The molecule has 0 spiro atoms. The quantitative estimate of drug-likeness (QED) is 0.857. The third kappa shape index (κ3) is 3.72. The summed E-state index contributed by atoms with van der Waals surface area (Å²) >= 11 is 0. The van der Waals surface area contributed by atoms with Gasteiger partial charge in [-0.2, -0.15) is 0 Å². The minimum atomic E-state index is -1.03. The lowest BCUT2D eigenvalue weighted by molar-refractivity contribution is -0.140. The van der Waals surface area contributed by atoms with Crippen molar-refractivity contribution in [2.75, 3.05) is 20.8 Å². The second-order valence-corrected chi connectivity index (χ2v) is 6.16. The summed E-state index contributed by atoms with van der Waals surface area (Å²) in [5.41, 5.74) is 2.08. The molecule has 0 saturated heterocycles. The van der Waals surface area contributed by atoms with E-state index in [2.05, 4.69) is 5.32 Å². The molecule has 24 heavy (non-hydrogen) atoms. The van der Waals surface area contributed by atoms with Crippen molar-refractivity contribution in [3.63, 3.8) is 0 Å². The Morgan fingerprint density at radius 2 is 1.75 bits per heavy atom. The maximum Gasteiger partial charge on any atom is 0.326 e. The molecule has 0 radical (unpaired) electrons. The number of nitrogens with zero attached hydrogens (tertiary/aromatic N) is 1. The molecule has 1 aliphatic rings. The Bertz CT molecular complexity index is 630. The highest BCUT2D eigenvalue weighted by Crippen LogP contribution is 2.33. The van der Waals surface area contributed by atoms with E-state index in [1.165, 1.54) is 0 Å². The Morgan fingerprint density at radius 3 is 2.25 bits per heavy atom. The van der Waals surface area contributed by atoms with Gasteiger partial charge in [-0.1, -0.05) is 13.8 Å². The van der Waals surface area contributed by atoms with Gasteiger partial charge in [0, 0.05) is 13.1 Å². The molecule has 7 nitrogen and oxygen atoms in total. The Hall–Kier alpha value is -2.44. The lowest BCUT2D eigenvalue weighted by atomic mass is 9.99. The molecule has 0 fully saturated rings. The van der Waals surface area contributed by atoms with Gasteiger partial charge in [0.05, 0.1) is 14.2 Å². The van der Waals surface area contributed by atoms with Crippen LogP contribution in [0.3, 0.4) is 0 Å². The van der Waals surface area contributed by atoms with Crippen LogP contribution >= 0.6 is 0 Å². The van der Waals surface area contributed by atoms with Crippen LogP contribution in [-0.4, -0.2) is 48.8 Å². The number of carbonyl (C=O) groups excluding carboxylic acids is 1. The summed E-state index contributed by atoms with van der Waals surface area (Å²) in [7, 11) is 3.16. The van der Waals surface area contributed by atoms with E-state index in [1.807, 2.05) is 12.1 Å². The number of hydrogen-bond donors (Lipinski definition) is 2. The summed E-state index contributed by atoms with van der Waals surface area (Å²) in [5.74, 6) is 0.0686. The van der Waals surface area contributed by atoms with E-state index in [1.54, 1.807) is 33.0 Å². The summed E-state index contributed by atoms with van der Waals surface area (Å²) < 4.78 is 10.6. The normalized spacial score (nSPS) is 14.8. The summed E-state index contributed by atoms with van der Waals surface area (Å²) in [5, 5.41) is 11.8. The lowest BCUT2D eigenvalue weighted by Gasteiger charge is -2.31. The predicted molar refractivity (Wildman–Crippen MR) is 88.5 cm³/mol. The van der Waals surface area contributed by atoms with E-state index in [9.17, 15) is 14.7 Å². The lowest BCUT2D eigenvalue weighted by Crippen LogP contribution is -2.51. The Balaban J connectivity index is 2.14. The summed E-state index contributed by atoms with van der Waals surface area (Å²) in [6, 6.07) is 2.53. The zero-order valence-corrected chi connectivity index (χ0v) is 14.5. The largest absolute Gasteiger partial charge is 0.493 e. The molecule has 1 aromatic rings. The number of methoxy groups -OCH3 is 2. The van der Waals surface area contributed by atoms with Gasteiger partial charge in [0.15, 0.2) is 11.5 Å². The van der Waals surface area contributed by atoms with Gasteiger partial charge in [-0.25, -0.2) is 9.59 Å². The maximum atomic E-state index is 12.4. The summed E-state index contributed by atoms with van der Waals surface area (Å²) in [6.07, 6.45) is 0.683. The molecule has 0 unspecified atom stereocenters. The smallest absolute Gasteiger partial charge is 0.326 e. The summed E-state index contributed by atoms with van der Waals surface area (Å²) in [4.78, 5) is 25.3. The first-order chi connectivity index (χ1) is 11.4. The Labute approximate surface area is 141 Å². The van der Waals surface area contributed by atoms with Crippen molar-refractivity contribution in [1.29, 1.82) is 0 Å². The fraction of sp³-hybridized carbons (Fsp3) is 0.529. The van der Waals surface area contributed by atoms with Gasteiger partial charge in [-0.05, 0) is 35.6 Å². The van der Waals surface area contributed by atoms with Gasteiger partial charge in [0.25, 0.3) is 0 Å². The molecule has 7 heteroatoms. The second-order valence-electron chi connectivity index (χ2n) is 6.16. The molecule has 2 N–H and O–H groups in total. The number of aliphatic carboxylic acids is 1. The van der Waals surface area contributed by atoms with Crippen molar-refractivity contribution in [2.24, 2.45) is 5.92 Å². The van der Waals surface area contributed by atoms with Gasteiger partial charge in [0.1, 0.15) is 6.04 Å². The zero-order valence-electron chi connectivity index (χ0n) is 14.5. The van der Waals surface area contributed by atoms with Crippen LogP contribution in [0.25, 0.3) is 0 Å². The van der Waals surface area contributed by atoms with Crippen LogP contribution in [-0.2, 0) is 17.8 Å². The fourth-order valence-electron chi connectivity index (χ4n) is 2.79. The van der Waals surface area contributed by atoms with E-state index >= 15 is 0 Å². The third-order valence-electron chi connectivity index (χ3n) is 4.22. The van der Waals surface area contributed by atoms with Gasteiger partial charge < -0.3 is 24.8 Å². The second kappa shape index (κ2) is 7.42. The molecule has 0 saturated carbocycles. The number of benzene rings is 1. The van der Waals surface area contributed by atoms with E-state index in [-0.39, 0.29) is 11.9 Å². The number of hydrogen-bond acceptors (Lipinski definition) is 4. The monoisotopic (exact) mass is 336 g/mol. The highest BCUT2D eigenvalue weighted by Gasteiger charge is 2.28. The average molecular weight is 336 g/mol. The van der Waals surface area contributed by atoms with Crippen molar-refractivity contribution in [3.8, 4) is 11.5 Å². The number of fused-ring (bicyclic) bond motifs is 1. The average Bonchev–Trinajstić information content (AvgIpc) is 2.56. The highest BCUT2D eigenvalue weighted by molar-refractivity contribution is 5.83. The molecule has 1 aromatic carbocycles. The van der Waals surface area contributed by atoms with Crippen molar-refractivity contribution < 1.29 is 24.2 Å². The van der Waals surface area contributed by atoms with E-state index < -0.39 is 12.0 Å². The fourth-order valence-corrected chi connectivity index (χ4v) is 2.79. The number of ether oxygens (including phenoxy) is 2. The van der Waals surface area contributed by atoms with E-state index in [0.29, 0.717) is 31.0 Å². The Kier molecular flexibility index (Phi) is 5.54. The number of carboxylic acid groups (broad SMARTS) is 1. The molecule has 0 aromatic heterocycles. The first-order valence-electron chi connectivity index (χ1n) is 7.89. The minimum absolute atomic E-state index is 0.187. The molecule has 0 aliphatic carbocycles. The van der Waals surface area contributed by atoms with Crippen LogP contribution in [0.15, 0.2) is 12.1 Å². The Morgan fingerprint density at radius 1 is 1.17 bits per heavy atom. The van der Waals surface area contributed by atoms with Crippen LogP contribution in [0.1, 0.15) is 25.0 Å². The topological polar surface area (TPSA) is 88.1 Å². The maximum absolute atomic E-state index is 12.4. The molecule has 132 valence electrons. The van der Waals surface area contributed by atoms with Crippen LogP contribution in [0.2, 0.25) is 0 Å². The van der Waals surface area contributed by atoms with Gasteiger partial charge in [-0.3, -0.25) is 0 Å². The van der Waals surface area contributed by atoms with Crippen LogP contribution < -0.4 is 14.8 Å². The van der Waals surface area contributed by atoms with Crippen LogP contribution in [0.5, 0.6) is 11.5 Å². The standard InChI is InChI=1S/C17H24N2O5/c1-10(2)15(16(20)21)18-17(22)19-6-5-11-7-13(23-3)14(24-4)8-12(11)9-19/h7-8,10,15H,5-6,9H2,1-4H3,(H,18,22)(H,20,21)/t15-/m1/s1. The van der Waals surface area contributed by atoms with Crippen LogP contribution in [0, 0.1) is 5.92 Å². The van der Waals surface area contributed by atoms with Gasteiger partial charge >= 0.3 is 12.0 Å². The third-order valence-corrected chi connectivity index (χ3v) is 4.22. The molecule has 1 heterocycles. The number of rotatable bonds is 5. The molecular weight excluding hydrogens is 312 g/mol. The molecule has 0 bridgehead atoms. The van der Waals surface area contributed by atoms with Crippen molar-refractivity contribution >= 4 is 12.0 Å². The minimum Gasteiger partial charge on any atom is -0.493 e. The van der Waals surface area contributed by atoms with Crippen molar-refractivity contribution in [3.05, 3.63) is 23.3 Å². The van der Waals surface area contributed by atoms with Gasteiger partial charge in [-0.15, -0.1) is 0 Å². The number of carboxylic acids is 1. The number of amides is 2. The molecule has 1 aliphatic heterocycles. The first kappa shape index (κ1) is 17.9. The van der Waals surface area contributed by atoms with E-state index in [0.717, 1.165) is 11.1 Å². The number of carbonyl (C=O) groups is 2. The van der Waals surface area contributed by atoms with Crippen LogP contribution in [0.4, 0.5) is 4.79 Å². The molecule has 1 atom stereocenters. The highest BCUT2D eigenvalue weighted by atomic mass is 16.5. The molecular formula is C17H24N2O5. The number of urea groups is 1. The van der Waals surface area contributed by atoms with Crippen molar-refractivity contribution in [1.82, 2.24) is 10.2 Å². The van der Waals surface area contributed by atoms with E-state index in [4.69, 9.17) is 9.47 Å².